The van der Waals surface area contributed by atoms with E-state index in [-0.39, 0.29) is 10.9 Å². The number of aryl methyl sites for hydroxylation is 1. The zero-order chi connectivity index (χ0) is 12.4. The predicted molar refractivity (Wildman–Crippen MR) is 69.2 cm³/mol. The van der Waals surface area contributed by atoms with Gasteiger partial charge in [-0.1, -0.05) is 12.2 Å². The summed E-state index contributed by atoms with van der Waals surface area (Å²) in [6.07, 6.45) is 3.02. The van der Waals surface area contributed by atoms with Crippen molar-refractivity contribution in [2.24, 2.45) is 12.8 Å². The van der Waals surface area contributed by atoms with Gasteiger partial charge in [0, 0.05) is 7.05 Å². The van der Waals surface area contributed by atoms with Gasteiger partial charge >= 0.3 is 0 Å². The fourth-order valence-corrected chi connectivity index (χ4v) is 1.93. The van der Waals surface area contributed by atoms with Crippen LogP contribution in [-0.2, 0) is 7.05 Å². The van der Waals surface area contributed by atoms with Crippen molar-refractivity contribution in [3.8, 4) is 0 Å². The van der Waals surface area contributed by atoms with Crippen LogP contribution in [0.2, 0.25) is 0 Å². The minimum Gasteiger partial charge on any atom is -0.389 e. The highest BCUT2D eigenvalue weighted by atomic mass is 32.1. The smallest absolute Gasteiger partial charge is 0.268 e. The molecule has 0 radical (unpaired) electrons. The Bertz CT molecular complexity index is 560. The Morgan fingerprint density at radius 2 is 2.35 bits per heavy atom. The second-order valence-corrected chi connectivity index (χ2v) is 4.54. The van der Waals surface area contributed by atoms with E-state index in [2.05, 4.69) is 15.4 Å². The minimum absolute atomic E-state index is 0.192. The number of aromatic nitrogens is 3. The topological polar surface area (TPSA) is 85.8 Å². The van der Waals surface area contributed by atoms with Gasteiger partial charge in [-0.2, -0.15) is 5.10 Å². The van der Waals surface area contributed by atoms with E-state index >= 15 is 0 Å². The molecule has 2 rings (SSSR count). The molecular formula is C9H9N5OS2. The number of amides is 1. The van der Waals surface area contributed by atoms with Crippen LogP contribution in [0.15, 0.2) is 17.9 Å². The van der Waals surface area contributed by atoms with E-state index in [1.807, 2.05) is 0 Å². The largest absolute Gasteiger partial charge is 0.389 e. The predicted octanol–water partition coefficient (Wildman–Crippen LogP) is 0.763. The molecule has 0 fully saturated rings. The number of hydrogen-bond donors (Lipinski definition) is 2. The zero-order valence-corrected chi connectivity index (χ0v) is 10.5. The lowest BCUT2D eigenvalue weighted by Gasteiger charge is -2.06. The molecule has 0 aliphatic carbocycles. The summed E-state index contributed by atoms with van der Waals surface area (Å²) in [6.45, 7) is 0. The van der Waals surface area contributed by atoms with Gasteiger partial charge in [0.05, 0.1) is 23.5 Å². The van der Waals surface area contributed by atoms with Gasteiger partial charge in [-0.3, -0.25) is 14.5 Å². The van der Waals surface area contributed by atoms with Crippen molar-refractivity contribution < 1.29 is 4.79 Å². The number of rotatable bonds is 3. The van der Waals surface area contributed by atoms with Crippen molar-refractivity contribution in [3.63, 3.8) is 0 Å². The SMILES string of the molecule is Cn1ncc(C(N)=S)c1NC(=O)c1cncs1. The standard InChI is InChI=1S/C9H9N5OS2/c1-14-8(5(2-12-14)7(10)16)13-9(15)6-3-11-4-17-6/h2-4H,1H3,(H2,10,16)(H,13,15). The summed E-state index contributed by atoms with van der Waals surface area (Å²) in [5, 5.41) is 6.70. The Morgan fingerprint density at radius 1 is 1.59 bits per heavy atom. The molecule has 0 atom stereocenters. The maximum atomic E-state index is 11.8. The van der Waals surface area contributed by atoms with Gasteiger partial charge in [0.25, 0.3) is 5.91 Å². The minimum atomic E-state index is -0.256. The molecule has 0 aliphatic rings. The molecular weight excluding hydrogens is 258 g/mol. The lowest BCUT2D eigenvalue weighted by Crippen LogP contribution is -2.18. The number of hydrogen-bond acceptors (Lipinski definition) is 5. The van der Waals surface area contributed by atoms with E-state index in [0.29, 0.717) is 16.3 Å². The highest BCUT2D eigenvalue weighted by Crippen LogP contribution is 2.16. The van der Waals surface area contributed by atoms with Crippen molar-refractivity contribution in [3.05, 3.63) is 28.3 Å². The van der Waals surface area contributed by atoms with E-state index < -0.39 is 0 Å². The molecule has 0 unspecified atom stereocenters. The molecule has 1 amide bonds. The number of carbonyl (C=O) groups is 1. The average molecular weight is 267 g/mol. The van der Waals surface area contributed by atoms with E-state index in [9.17, 15) is 4.79 Å². The third kappa shape index (κ3) is 2.32. The Kier molecular flexibility index (Phi) is 3.16. The van der Waals surface area contributed by atoms with Crippen LogP contribution in [0, 0.1) is 0 Å². The van der Waals surface area contributed by atoms with E-state index in [1.54, 1.807) is 12.6 Å². The molecule has 17 heavy (non-hydrogen) atoms. The maximum Gasteiger partial charge on any atom is 0.268 e. The zero-order valence-electron chi connectivity index (χ0n) is 8.88. The number of nitrogens with two attached hydrogens (primary N) is 1. The molecule has 0 spiro atoms. The molecule has 0 bridgehead atoms. The number of anilines is 1. The summed E-state index contributed by atoms with van der Waals surface area (Å²) in [4.78, 5) is 16.4. The van der Waals surface area contributed by atoms with Gasteiger partial charge < -0.3 is 11.1 Å². The van der Waals surface area contributed by atoms with Crippen molar-refractivity contribution in [1.82, 2.24) is 14.8 Å². The van der Waals surface area contributed by atoms with Crippen molar-refractivity contribution in [2.45, 2.75) is 0 Å². The van der Waals surface area contributed by atoms with Crippen molar-refractivity contribution in [1.29, 1.82) is 0 Å². The van der Waals surface area contributed by atoms with Gasteiger partial charge in [0.1, 0.15) is 15.7 Å². The number of carbonyl (C=O) groups excluding carboxylic acids is 1. The Balaban J connectivity index is 2.27. The van der Waals surface area contributed by atoms with Crippen LogP contribution >= 0.6 is 23.6 Å². The van der Waals surface area contributed by atoms with Crippen LogP contribution < -0.4 is 11.1 Å². The lowest BCUT2D eigenvalue weighted by molar-refractivity contribution is 0.102. The molecule has 6 nitrogen and oxygen atoms in total. The van der Waals surface area contributed by atoms with Gasteiger partial charge in [-0.15, -0.1) is 11.3 Å². The number of nitrogens with zero attached hydrogens (tertiary/aromatic N) is 3. The Labute approximate surface area is 106 Å². The van der Waals surface area contributed by atoms with Crippen LogP contribution in [0.5, 0.6) is 0 Å². The van der Waals surface area contributed by atoms with Gasteiger partial charge in [-0.25, -0.2) is 0 Å². The molecule has 3 N–H and O–H groups in total. The molecule has 88 valence electrons. The molecule has 0 saturated carbocycles. The second-order valence-electron chi connectivity index (χ2n) is 3.21. The number of nitrogens with one attached hydrogen (secondary N) is 1. The number of thiocarbonyl (C=S) groups is 1. The molecule has 0 aromatic carbocycles. The fourth-order valence-electron chi connectivity index (χ4n) is 1.26. The number of thiazole rings is 1. The first-order chi connectivity index (χ1) is 8.09. The molecule has 2 aromatic heterocycles. The molecule has 0 aliphatic heterocycles. The van der Waals surface area contributed by atoms with Crippen LogP contribution in [0.4, 0.5) is 5.82 Å². The molecule has 2 heterocycles. The Hall–Kier alpha value is -1.80. The van der Waals surface area contributed by atoms with Crippen molar-refractivity contribution >= 4 is 40.3 Å². The van der Waals surface area contributed by atoms with Gasteiger partial charge in [0.15, 0.2) is 0 Å². The summed E-state index contributed by atoms with van der Waals surface area (Å²) in [7, 11) is 1.70. The van der Waals surface area contributed by atoms with Crippen LogP contribution in [0.25, 0.3) is 0 Å². The summed E-state index contributed by atoms with van der Waals surface area (Å²) in [6, 6.07) is 0. The van der Waals surface area contributed by atoms with Crippen LogP contribution in [-0.4, -0.2) is 25.7 Å². The van der Waals surface area contributed by atoms with E-state index in [4.69, 9.17) is 18.0 Å². The highest BCUT2D eigenvalue weighted by Gasteiger charge is 2.15. The first-order valence-electron chi connectivity index (χ1n) is 4.61. The molecule has 2 aromatic rings. The first kappa shape index (κ1) is 11.7. The fraction of sp³-hybridized carbons (Fsp3) is 0.111. The van der Waals surface area contributed by atoms with Gasteiger partial charge in [-0.05, 0) is 0 Å². The third-order valence-electron chi connectivity index (χ3n) is 2.09. The first-order valence-corrected chi connectivity index (χ1v) is 5.90. The average Bonchev–Trinajstić information content (AvgIpc) is 2.89. The van der Waals surface area contributed by atoms with Crippen molar-refractivity contribution in [2.75, 3.05) is 5.32 Å². The summed E-state index contributed by atoms with van der Waals surface area (Å²) < 4.78 is 1.51. The normalized spacial score (nSPS) is 10.2. The monoisotopic (exact) mass is 267 g/mol. The van der Waals surface area contributed by atoms with E-state index in [1.165, 1.54) is 28.4 Å². The maximum absolute atomic E-state index is 11.8. The van der Waals surface area contributed by atoms with E-state index in [0.717, 1.165) is 0 Å². The second kappa shape index (κ2) is 4.60. The van der Waals surface area contributed by atoms with Crippen LogP contribution in [0.3, 0.4) is 0 Å². The summed E-state index contributed by atoms with van der Waals surface area (Å²) in [5.41, 5.74) is 7.67. The highest BCUT2D eigenvalue weighted by molar-refractivity contribution is 7.80. The van der Waals surface area contributed by atoms with Crippen LogP contribution in [0.1, 0.15) is 15.2 Å². The quantitative estimate of drug-likeness (QED) is 0.802. The summed E-state index contributed by atoms with van der Waals surface area (Å²) in [5.74, 6) is 0.226. The lowest BCUT2D eigenvalue weighted by atomic mass is 10.3. The summed E-state index contributed by atoms with van der Waals surface area (Å²) >= 11 is 6.14. The molecule has 8 heteroatoms. The van der Waals surface area contributed by atoms with Gasteiger partial charge in [0.2, 0.25) is 0 Å². The Morgan fingerprint density at radius 3 is 2.94 bits per heavy atom. The third-order valence-corrected chi connectivity index (χ3v) is 3.08. The molecule has 0 saturated heterocycles.